The van der Waals surface area contributed by atoms with E-state index >= 15 is 0 Å². The quantitative estimate of drug-likeness (QED) is 0.210. The molecule has 3 rings (SSSR count). The van der Waals surface area contributed by atoms with Crippen LogP contribution in [0, 0.1) is 10.1 Å². The van der Waals surface area contributed by atoms with Crippen molar-refractivity contribution in [2.24, 2.45) is 0 Å². The minimum absolute atomic E-state index is 0.0563. The summed E-state index contributed by atoms with van der Waals surface area (Å²) in [5.41, 5.74) is 0.756. The number of nitrogens with zero attached hydrogens (tertiary/aromatic N) is 3. The average molecular weight is 410 g/mol. The molecule has 0 saturated carbocycles. The van der Waals surface area contributed by atoms with Gasteiger partial charge < -0.3 is 5.32 Å². The van der Waals surface area contributed by atoms with Gasteiger partial charge in [-0.15, -0.1) is 6.58 Å². The normalized spacial score (nSPS) is 11.8. The molecule has 2 aromatic carbocycles. The number of nitro benzene ring substituents is 1. The smallest absolute Gasteiger partial charge is 0.269 e. The number of thioether (sulfide) groups is 1. The number of nitrogens with one attached hydrogen (secondary N) is 1. The van der Waals surface area contributed by atoms with Crippen molar-refractivity contribution < 1.29 is 9.72 Å². The van der Waals surface area contributed by atoms with Crippen molar-refractivity contribution in [3.05, 3.63) is 81.7 Å². The molecule has 1 unspecified atom stereocenters. The average Bonchev–Trinajstić information content (AvgIpc) is 2.71. The zero-order valence-electron chi connectivity index (χ0n) is 15.6. The maximum Gasteiger partial charge on any atom is 0.269 e. The molecule has 0 fully saturated rings. The van der Waals surface area contributed by atoms with Gasteiger partial charge in [-0.05, 0) is 31.2 Å². The number of non-ortho nitro benzene ring substituents is 1. The van der Waals surface area contributed by atoms with Crippen molar-refractivity contribution in [3.63, 3.8) is 0 Å². The number of para-hydroxylation sites is 1. The third-order valence-corrected chi connectivity index (χ3v) is 5.23. The lowest BCUT2D eigenvalue weighted by Crippen LogP contribution is -2.26. The van der Waals surface area contributed by atoms with E-state index in [0.29, 0.717) is 21.7 Å². The minimum atomic E-state index is -0.561. The molecule has 148 valence electrons. The summed E-state index contributed by atoms with van der Waals surface area (Å²) in [5.74, 6) is -0.309. The van der Waals surface area contributed by atoms with Gasteiger partial charge in [0.2, 0.25) is 5.91 Å². The fourth-order valence-electron chi connectivity index (χ4n) is 2.65. The second-order valence-corrected chi connectivity index (χ2v) is 7.48. The Morgan fingerprint density at radius 2 is 2.00 bits per heavy atom. The molecular formula is C20H18N4O4S. The molecule has 1 aromatic heterocycles. The van der Waals surface area contributed by atoms with Gasteiger partial charge in [-0.25, -0.2) is 4.98 Å². The Morgan fingerprint density at radius 3 is 2.66 bits per heavy atom. The Hall–Kier alpha value is -3.46. The molecule has 0 bridgehead atoms. The van der Waals surface area contributed by atoms with Crippen LogP contribution < -0.4 is 10.9 Å². The third kappa shape index (κ3) is 4.52. The SMILES string of the molecule is C=CCn1c(SC(C)C(=O)Nc2ccc([N+](=O)[O-])cc2)nc2ccccc2c1=O. The molecule has 0 aliphatic carbocycles. The van der Waals surface area contributed by atoms with Crippen molar-refractivity contribution in [1.29, 1.82) is 0 Å². The van der Waals surface area contributed by atoms with Gasteiger partial charge >= 0.3 is 0 Å². The Labute approximate surface area is 170 Å². The van der Waals surface area contributed by atoms with Crippen LogP contribution in [0.3, 0.4) is 0 Å². The van der Waals surface area contributed by atoms with E-state index in [2.05, 4.69) is 16.9 Å². The summed E-state index contributed by atoms with van der Waals surface area (Å²) in [6.07, 6.45) is 1.60. The van der Waals surface area contributed by atoms with Gasteiger partial charge in [0.25, 0.3) is 11.2 Å². The van der Waals surface area contributed by atoms with Gasteiger partial charge in [0.15, 0.2) is 5.16 Å². The van der Waals surface area contributed by atoms with Crippen LogP contribution in [0.15, 0.2) is 71.1 Å². The van der Waals surface area contributed by atoms with Crippen molar-refractivity contribution >= 4 is 39.9 Å². The first-order valence-corrected chi connectivity index (χ1v) is 9.61. The zero-order valence-corrected chi connectivity index (χ0v) is 16.4. The topological polar surface area (TPSA) is 107 Å². The van der Waals surface area contributed by atoms with Crippen LogP contribution in [0.2, 0.25) is 0 Å². The van der Waals surface area contributed by atoms with E-state index in [1.807, 2.05) is 0 Å². The first kappa shape index (κ1) is 20.3. The van der Waals surface area contributed by atoms with Gasteiger partial charge in [0.1, 0.15) is 0 Å². The van der Waals surface area contributed by atoms with Crippen molar-refractivity contribution in [3.8, 4) is 0 Å². The van der Waals surface area contributed by atoms with Crippen LogP contribution in [0.4, 0.5) is 11.4 Å². The summed E-state index contributed by atoms with van der Waals surface area (Å²) in [6.45, 7) is 5.66. The lowest BCUT2D eigenvalue weighted by molar-refractivity contribution is -0.384. The Balaban J connectivity index is 1.82. The van der Waals surface area contributed by atoms with E-state index in [-0.39, 0.29) is 23.7 Å². The van der Waals surface area contributed by atoms with Crippen molar-refractivity contribution in [2.75, 3.05) is 5.32 Å². The zero-order chi connectivity index (χ0) is 21.0. The van der Waals surface area contributed by atoms with Gasteiger partial charge in [0, 0.05) is 24.4 Å². The van der Waals surface area contributed by atoms with Gasteiger partial charge in [0.05, 0.1) is 21.1 Å². The second-order valence-electron chi connectivity index (χ2n) is 6.17. The number of aromatic nitrogens is 2. The number of hydrogen-bond donors (Lipinski definition) is 1. The summed E-state index contributed by atoms with van der Waals surface area (Å²) >= 11 is 1.16. The summed E-state index contributed by atoms with van der Waals surface area (Å²) in [4.78, 5) is 40.1. The molecule has 8 nitrogen and oxygen atoms in total. The number of anilines is 1. The maximum absolute atomic E-state index is 12.8. The standard InChI is InChI=1S/C20H18N4O4S/c1-3-12-23-19(26)16-6-4-5-7-17(16)22-20(23)29-13(2)18(25)21-14-8-10-15(11-9-14)24(27)28/h3-11,13H,1,12H2,2H3,(H,21,25). The fraction of sp³-hybridized carbons (Fsp3) is 0.150. The predicted octanol–water partition coefficient (Wildman–Crippen LogP) is 3.61. The van der Waals surface area contributed by atoms with E-state index in [9.17, 15) is 19.7 Å². The molecule has 0 aliphatic heterocycles. The third-order valence-electron chi connectivity index (χ3n) is 4.14. The Morgan fingerprint density at radius 1 is 1.31 bits per heavy atom. The number of carbonyl (C=O) groups is 1. The number of benzene rings is 2. The highest BCUT2D eigenvalue weighted by atomic mass is 32.2. The van der Waals surface area contributed by atoms with E-state index < -0.39 is 10.2 Å². The molecule has 29 heavy (non-hydrogen) atoms. The lowest BCUT2D eigenvalue weighted by atomic mass is 10.2. The molecule has 1 N–H and O–H groups in total. The van der Waals surface area contributed by atoms with E-state index in [0.717, 1.165) is 11.8 Å². The molecule has 3 aromatic rings. The maximum atomic E-state index is 12.8. The van der Waals surface area contributed by atoms with Gasteiger partial charge in [-0.2, -0.15) is 0 Å². The molecule has 0 saturated heterocycles. The van der Waals surface area contributed by atoms with Gasteiger partial charge in [-0.1, -0.05) is 30.0 Å². The molecule has 1 atom stereocenters. The highest BCUT2D eigenvalue weighted by Gasteiger charge is 2.19. The number of amides is 1. The molecular weight excluding hydrogens is 392 g/mol. The minimum Gasteiger partial charge on any atom is -0.325 e. The Kier molecular flexibility index (Phi) is 6.08. The van der Waals surface area contributed by atoms with E-state index in [4.69, 9.17) is 0 Å². The molecule has 0 radical (unpaired) electrons. The number of nitro groups is 1. The van der Waals surface area contributed by atoms with Gasteiger partial charge in [-0.3, -0.25) is 24.3 Å². The van der Waals surface area contributed by atoms with E-state index in [1.54, 1.807) is 37.3 Å². The van der Waals surface area contributed by atoms with Crippen LogP contribution in [0.25, 0.3) is 10.9 Å². The van der Waals surface area contributed by atoms with Crippen molar-refractivity contribution in [1.82, 2.24) is 9.55 Å². The molecule has 1 amide bonds. The van der Waals surface area contributed by atoms with Crippen LogP contribution in [-0.4, -0.2) is 25.6 Å². The number of allylic oxidation sites excluding steroid dienone is 1. The Bertz CT molecular complexity index is 1140. The number of hydrogen-bond acceptors (Lipinski definition) is 6. The number of rotatable bonds is 7. The predicted molar refractivity (Wildman–Crippen MR) is 113 cm³/mol. The van der Waals surface area contributed by atoms with E-state index in [1.165, 1.54) is 28.8 Å². The second kappa shape index (κ2) is 8.70. The summed E-state index contributed by atoms with van der Waals surface area (Å²) in [6, 6.07) is 12.6. The largest absolute Gasteiger partial charge is 0.325 e. The molecule has 0 aliphatic rings. The van der Waals surface area contributed by atoms with Crippen LogP contribution in [0.1, 0.15) is 6.92 Å². The van der Waals surface area contributed by atoms with Crippen LogP contribution >= 0.6 is 11.8 Å². The van der Waals surface area contributed by atoms with Crippen LogP contribution in [-0.2, 0) is 11.3 Å². The summed E-state index contributed by atoms with van der Waals surface area (Å²) < 4.78 is 1.48. The van der Waals surface area contributed by atoms with Crippen molar-refractivity contribution in [2.45, 2.75) is 23.9 Å². The first-order valence-electron chi connectivity index (χ1n) is 8.73. The first-order chi connectivity index (χ1) is 13.9. The molecule has 9 heteroatoms. The lowest BCUT2D eigenvalue weighted by Gasteiger charge is -2.15. The highest BCUT2D eigenvalue weighted by molar-refractivity contribution is 8.00. The fourth-order valence-corrected chi connectivity index (χ4v) is 3.57. The summed E-state index contributed by atoms with van der Waals surface area (Å²) in [7, 11) is 0. The highest BCUT2D eigenvalue weighted by Crippen LogP contribution is 2.24. The molecule has 0 spiro atoms. The van der Waals surface area contributed by atoms with Crippen LogP contribution in [0.5, 0.6) is 0 Å². The number of fused-ring (bicyclic) bond motifs is 1. The number of carbonyl (C=O) groups excluding carboxylic acids is 1. The summed E-state index contributed by atoms with van der Waals surface area (Å²) in [5, 5.41) is 13.8. The monoisotopic (exact) mass is 410 g/mol. The molecule has 1 heterocycles.